The summed E-state index contributed by atoms with van der Waals surface area (Å²) in [6.07, 6.45) is 4.59. The SMILES string of the molecule is COCC1(C(=O)Nc2cccc(-c3cnco3)c2)CCNCC1. The zero-order valence-corrected chi connectivity index (χ0v) is 13.2. The number of aromatic nitrogens is 1. The maximum Gasteiger partial charge on any atom is 0.233 e. The first-order valence-corrected chi connectivity index (χ1v) is 7.74. The van der Waals surface area contributed by atoms with Crippen LogP contribution in [0.3, 0.4) is 0 Å². The van der Waals surface area contributed by atoms with Crippen LogP contribution < -0.4 is 10.6 Å². The fourth-order valence-corrected chi connectivity index (χ4v) is 2.99. The second-order valence-corrected chi connectivity index (χ2v) is 5.86. The van der Waals surface area contributed by atoms with Gasteiger partial charge in [-0.2, -0.15) is 0 Å². The number of nitrogens with zero attached hydrogens (tertiary/aromatic N) is 1. The van der Waals surface area contributed by atoms with Crippen molar-refractivity contribution in [1.29, 1.82) is 0 Å². The smallest absolute Gasteiger partial charge is 0.233 e. The fourth-order valence-electron chi connectivity index (χ4n) is 2.99. The third-order valence-electron chi connectivity index (χ3n) is 4.30. The van der Waals surface area contributed by atoms with E-state index >= 15 is 0 Å². The summed E-state index contributed by atoms with van der Waals surface area (Å²) in [5.41, 5.74) is 1.16. The van der Waals surface area contributed by atoms with E-state index in [9.17, 15) is 4.79 Å². The molecule has 3 rings (SSSR count). The molecule has 1 aliphatic rings. The van der Waals surface area contributed by atoms with E-state index in [2.05, 4.69) is 15.6 Å². The number of anilines is 1. The first-order chi connectivity index (χ1) is 11.2. The summed E-state index contributed by atoms with van der Waals surface area (Å²) >= 11 is 0. The van der Waals surface area contributed by atoms with Gasteiger partial charge in [0.2, 0.25) is 5.91 Å². The zero-order valence-electron chi connectivity index (χ0n) is 13.2. The van der Waals surface area contributed by atoms with E-state index in [0.29, 0.717) is 12.4 Å². The van der Waals surface area contributed by atoms with Gasteiger partial charge in [-0.3, -0.25) is 4.79 Å². The van der Waals surface area contributed by atoms with Gasteiger partial charge < -0.3 is 19.8 Å². The zero-order chi connectivity index (χ0) is 16.1. The molecule has 0 aliphatic carbocycles. The summed E-state index contributed by atoms with van der Waals surface area (Å²) in [4.78, 5) is 16.7. The van der Waals surface area contributed by atoms with Gasteiger partial charge in [-0.1, -0.05) is 12.1 Å². The van der Waals surface area contributed by atoms with Gasteiger partial charge >= 0.3 is 0 Å². The van der Waals surface area contributed by atoms with Crippen LogP contribution in [-0.4, -0.2) is 37.7 Å². The van der Waals surface area contributed by atoms with Gasteiger partial charge in [0.05, 0.1) is 18.2 Å². The minimum Gasteiger partial charge on any atom is -0.444 e. The molecule has 1 saturated heterocycles. The number of ether oxygens (including phenoxy) is 1. The molecule has 1 aromatic carbocycles. The molecule has 0 atom stereocenters. The summed E-state index contributed by atoms with van der Waals surface area (Å²) in [5, 5.41) is 6.32. The van der Waals surface area contributed by atoms with Crippen molar-refractivity contribution in [3.8, 4) is 11.3 Å². The molecule has 0 unspecified atom stereocenters. The molecule has 2 aromatic rings. The lowest BCUT2D eigenvalue weighted by molar-refractivity contribution is -0.130. The molecule has 0 spiro atoms. The van der Waals surface area contributed by atoms with Crippen molar-refractivity contribution in [2.75, 3.05) is 32.1 Å². The number of piperidine rings is 1. The van der Waals surface area contributed by atoms with Crippen LogP contribution in [0.15, 0.2) is 41.3 Å². The van der Waals surface area contributed by atoms with Gasteiger partial charge in [-0.05, 0) is 38.1 Å². The summed E-state index contributed by atoms with van der Waals surface area (Å²) in [5.74, 6) is 0.685. The van der Waals surface area contributed by atoms with Gasteiger partial charge in [-0.15, -0.1) is 0 Å². The summed E-state index contributed by atoms with van der Waals surface area (Å²) in [7, 11) is 1.64. The maximum absolute atomic E-state index is 12.8. The highest BCUT2D eigenvalue weighted by Crippen LogP contribution is 2.31. The van der Waals surface area contributed by atoms with E-state index in [1.165, 1.54) is 6.39 Å². The molecule has 6 nitrogen and oxygen atoms in total. The van der Waals surface area contributed by atoms with Crippen molar-refractivity contribution < 1.29 is 13.9 Å². The van der Waals surface area contributed by atoms with Crippen LogP contribution in [0.4, 0.5) is 5.69 Å². The lowest BCUT2D eigenvalue weighted by Crippen LogP contribution is -2.47. The molecular formula is C17H21N3O3. The van der Waals surface area contributed by atoms with Gasteiger partial charge in [0, 0.05) is 18.4 Å². The Morgan fingerprint density at radius 2 is 2.26 bits per heavy atom. The van der Waals surface area contributed by atoms with Crippen LogP contribution in [-0.2, 0) is 9.53 Å². The maximum atomic E-state index is 12.8. The molecule has 0 bridgehead atoms. The Balaban J connectivity index is 1.77. The lowest BCUT2D eigenvalue weighted by Gasteiger charge is -2.35. The molecule has 122 valence electrons. The molecule has 1 amide bonds. The van der Waals surface area contributed by atoms with Gasteiger partial charge in [-0.25, -0.2) is 4.98 Å². The monoisotopic (exact) mass is 315 g/mol. The van der Waals surface area contributed by atoms with Crippen LogP contribution >= 0.6 is 0 Å². The first kappa shape index (κ1) is 15.7. The molecule has 2 heterocycles. The van der Waals surface area contributed by atoms with Crippen molar-refractivity contribution in [2.45, 2.75) is 12.8 Å². The molecule has 0 radical (unpaired) electrons. The van der Waals surface area contributed by atoms with Crippen molar-refractivity contribution in [2.24, 2.45) is 5.41 Å². The van der Waals surface area contributed by atoms with E-state index in [4.69, 9.17) is 9.15 Å². The Kier molecular flexibility index (Phi) is 4.73. The number of oxazole rings is 1. The standard InChI is InChI=1S/C17H21N3O3/c1-22-11-17(5-7-18-8-6-17)16(21)20-14-4-2-3-13(9-14)15-10-19-12-23-15/h2-4,9-10,12,18H,5-8,11H2,1H3,(H,20,21). The number of carbonyl (C=O) groups is 1. The largest absolute Gasteiger partial charge is 0.444 e. The highest BCUT2D eigenvalue weighted by molar-refractivity contribution is 5.96. The third kappa shape index (κ3) is 3.43. The van der Waals surface area contributed by atoms with Crippen LogP contribution in [0.25, 0.3) is 11.3 Å². The number of hydrogen-bond acceptors (Lipinski definition) is 5. The number of rotatable bonds is 5. The normalized spacial score (nSPS) is 16.9. The molecule has 1 aliphatic heterocycles. The third-order valence-corrected chi connectivity index (χ3v) is 4.30. The highest BCUT2D eigenvalue weighted by Gasteiger charge is 2.39. The number of amides is 1. The first-order valence-electron chi connectivity index (χ1n) is 7.74. The number of benzene rings is 1. The molecule has 6 heteroatoms. The number of hydrogen-bond donors (Lipinski definition) is 2. The molecule has 1 fully saturated rings. The summed E-state index contributed by atoms with van der Waals surface area (Å²) in [6.45, 7) is 2.09. The minimum absolute atomic E-state index is 0.00979. The predicted molar refractivity (Wildman–Crippen MR) is 87.0 cm³/mol. The Morgan fingerprint density at radius 3 is 2.96 bits per heavy atom. The molecular weight excluding hydrogens is 294 g/mol. The summed E-state index contributed by atoms with van der Waals surface area (Å²) < 4.78 is 10.6. The quantitative estimate of drug-likeness (QED) is 0.885. The average molecular weight is 315 g/mol. The number of carbonyl (C=O) groups excluding carboxylic acids is 1. The molecule has 1 aromatic heterocycles. The van der Waals surface area contributed by atoms with E-state index < -0.39 is 5.41 Å². The van der Waals surface area contributed by atoms with Crippen LogP contribution in [0.1, 0.15) is 12.8 Å². The topological polar surface area (TPSA) is 76.4 Å². The van der Waals surface area contributed by atoms with Crippen molar-refractivity contribution >= 4 is 11.6 Å². The highest BCUT2D eigenvalue weighted by atomic mass is 16.5. The second-order valence-electron chi connectivity index (χ2n) is 5.86. The predicted octanol–water partition coefficient (Wildman–Crippen LogP) is 2.30. The van der Waals surface area contributed by atoms with Gasteiger partial charge in [0.15, 0.2) is 12.2 Å². The number of nitrogens with one attached hydrogen (secondary N) is 2. The van der Waals surface area contributed by atoms with E-state index in [0.717, 1.165) is 37.2 Å². The van der Waals surface area contributed by atoms with Gasteiger partial charge in [0.1, 0.15) is 0 Å². The van der Waals surface area contributed by atoms with Crippen LogP contribution in [0, 0.1) is 5.41 Å². The van der Waals surface area contributed by atoms with Crippen LogP contribution in [0.2, 0.25) is 0 Å². The van der Waals surface area contributed by atoms with E-state index in [1.54, 1.807) is 13.3 Å². The number of methoxy groups -OCH3 is 1. The van der Waals surface area contributed by atoms with Crippen molar-refractivity contribution in [3.63, 3.8) is 0 Å². The minimum atomic E-state index is -0.470. The Hall–Kier alpha value is -2.18. The van der Waals surface area contributed by atoms with Crippen molar-refractivity contribution in [1.82, 2.24) is 10.3 Å². The van der Waals surface area contributed by atoms with Crippen molar-refractivity contribution in [3.05, 3.63) is 36.9 Å². The molecule has 0 saturated carbocycles. The Morgan fingerprint density at radius 1 is 1.43 bits per heavy atom. The molecule has 2 N–H and O–H groups in total. The van der Waals surface area contributed by atoms with Crippen LogP contribution in [0.5, 0.6) is 0 Å². The molecule has 23 heavy (non-hydrogen) atoms. The van der Waals surface area contributed by atoms with E-state index in [1.807, 2.05) is 24.3 Å². The average Bonchev–Trinajstić information content (AvgIpc) is 3.11. The van der Waals surface area contributed by atoms with E-state index in [-0.39, 0.29) is 5.91 Å². The van der Waals surface area contributed by atoms with Gasteiger partial charge in [0.25, 0.3) is 0 Å². The summed E-state index contributed by atoms with van der Waals surface area (Å²) in [6, 6.07) is 7.57. The second kappa shape index (κ2) is 6.93. The Labute approximate surface area is 135 Å². The lowest BCUT2D eigenvalue weighted by atomic mass is 9.78. The Bertz CT molecular complexity index is 643. The fraction of sp³-hybridized carbons (Fsp3) is 0.412.